The number of amides is 1. The van der Waals surface area contributed by atoms with Gasteiger partial charge in [-0.2, -0.15) is 8.42 Å². The minimum absolute atomic E-state index is 0.00395. The zero-order chi connectivity index (χ0) is 31.0. The third-order valence-corrected chi connectivity index (χ3v) is 8.56. The van der Waals surface area contributed by atoms with Crippen LogP contribution < -0.4 is 14.8 Å². The topological polar surface area (TPSA) is 120 Å². The minimum Gasteiger partial charge on any atom is -0.493 e. The maximum atomic E-state index is 14.1. The van der Waals surface area contributed by atoms with E-state index in [9.17, 15) is 18.0 Å². The van der Waals surface area contributed by atoms with Crippen LogP contribution >= 0.6 is 0 Å². The predicted octanol–water partition coefficient (Wildman–Crippen LogP) is 4.96. The van der Waals surface area contributed by atoms with Crippen LogP contribution in [0.25, 0.3) is 0 Å². The summed E-state index contributed by atoms with van der Waals surface area (Å²) < 4.78 is 48.1. The van der Waals surface area contributed by atoms with Crippen LogP contribution in [0.3, 0.4) is 0 Å². The predicted molar refractivity (Wildman–Crippen MR) is 162 cm³/mol. The van der Waals surface area contributed by atoms with Gasteiger partial charge in [0.1, 0.15) is 12.6 Å². The lowest BCUT2D eigenvalue weighted by molar-refractivity contribution is -0.145. The Morgan fingerprint density at radius 2 is 1.72 bits per heavy atom. The van der Waals surface area contributed by atoms with Crippen LogP contribution in [0.5, 0.6) is 11.5 Å². The van der Waals surface area contributed by atoms with Crippen molar-refractivity contribution < 1.29 is 36.4 Å². The summed E-state index contributed by atoms with van der Waals surface area (Å²) in [7, 11) is -1.43. The summed E-state index contributed by atoms with van der Waals surface area (Å²) in [6, 6.07) is 18.2. The average Bonchev–Trinajstić information content (AvgIpc) is 3.43. The second-order valence-electron chi connectivity index (χ2n) is 10.3. The third-order valence-electron chi connectivity index (χ3n) is 7.19. The van der Waals surface area contributed by atoms with E-state index >= 15 is 0 Å². The number of methoxy groups -OCH3 is 2. The molecule has 0 saturated carbocycles. The number of aryl methyl sites for hydroxylation is 1. The number of ether oxygens (including phenoxy) is 3. The highest BCUT2D eigenvalue weighted by molar-refractivity contribution is 7.86. The van der Waals surface area contributed by atoms with E-state index in [4.69, 9.17) is 18.4 Å². The number of rotatable bonds is 13. The first-order valence-corrected chi connectivity index (χ1v) is 15.6. The Labute approximate surface area is 253 Å². The molecule has 4 rings (SSSR count). The summed E-state index contributed by atoms with van der Waals surface area (Å²) in [5.41, 5.74) is 2.62. The molecule has 2 atom stereocenters. The van der Waals surface area contributed by atoms with E-state index in [1.807, 2.05) is 37.3 Å². The number of esters is 1. The molecular formula is C32H38N2O8S. The van der Waals surface area contributed by atoms with E-state index < -0.39 is 34.1 Å². The summed E-state index contributed by atoms with van der Waals surface area (Å²) in [4.78, 5) is 28.2. The lowest BCUT2D eigenvalue weighted by Gasteiger charge is -2.25. The van der Waals surface area contributed by atoms with Gasteiger partial charge in [0.2, 0.25) is 0 Å². The molecule has 1 heterocycles. The molecule has 1 amide bonds. The molecule has 1 aliphatic rings. The van der Waals surface area contributed by atoms with Gasteiger partial charge >= 0.3 is 5.97 Å². The molecule has 10 nitrogen and oxygen atoms in total. The van der Waals surface area contributed by atoms with E-state index in [-0.39, 0.29) is 23.4 Å². The lowest BCUT2D eigenvalue weighted by Crippen LogP contribution is -2.41. The van der Waals surface area contributed by atoms with E-state index in [1.165, 1.54) is 31.3 Å². The van der Waals surface area contributed by atoms with Crippen LogP contribution in [0.2, 0.25) is 0 Å². The highest BCUT2D eigenvalue weighted by Gasteiger charge is 2.43. The third kappa shape index (κ3) is 7.85. The summed E-state index contributed by atoms with van der Waals surface area (Å²) >= 11 is 0. The number of likely N-dealkylation sites (tertiary alicyclic amines) is 1. The number of hydrogen-bond donors (Lipinski definition) is 1. The number of benzene rings is 3. The van der Waals surface area contributed by atoms with Crippen molar-refractivity contribution in [1.82, 2.24) is 4.90 Å². The van der Waals surface area contributed by atoms with E-state index in [1.54, 1.807) is 24.3 Å². The molecule has 0 aromatic heterocycles. The van der Waals surface area contributed by atoms with Crippen molar-refractivity contribution in [3.63, 3.8) is 0 Å². The highest BCUT2D eigenvalue weighted by atomic mass is 32.2. The largest absolute Gasteiger partial charge is 0.493 e. The molecule has 1 fully saturated rings. The van der Waals surface area contributed by atoms with Crippen LogP contribution in [-0.4, -0.2) is 64.6 Å². The Hall–Kier alpha value is -4.09. The summed E-state index contributed by atoms with van der Waals surface area (Å²) in [5.74, 6) is -0.384. The monoisotopic (exact) mass is 610 g/mol. The number of nitrogens with zero attached hydrogens (tertiary/aromatic N) is 1. The molecule has 0 spiro atoms. The maximum Gasteiger partial charge on any atom is 0.328 e. The molecule has 1 saturated heterocycles. The first-order valence-electron chi connectivity index (χ1n) is 14.2. The molecule has 43 heavy (non-hydrogen) atoms. The van der Waals surface area contributed by atoms with Gasteiger partial charge in [-0.15, -0.1) is 0 Å². The van der Waals surface area contributed by atoms with Gasteiger partial charge in [0.05, 0.1) is 36.5 Å². The number of hydrogen-bond acceptors (Lipinski definition) is 9. The van der Waals surface area contributed by atoms with Crippen LogP contribution in [0.4, 0.5) is 5.69 Å². The second-order valence-corrected chi connectivity index (χ2v) is 11.9. The summed E-state index contributed by atoms with van der Waals surface area (Å²) in [6.07, 6.45) is 0.805. The number of carbonyl (C=O) groups is 2. The van der Waals surface area contributed by atoms with Crippen molar-refractivity contribution in [2.24, 2.45) is 0 Å². The van der Waals surface area contributed by atoms with Gasteiger partial charge in [0.15, 0.2) is 11.5 Å². The van der Waals surface area contributed by atoms with Crippen molar-refractivity contribution in [3.05, 3.63) is 83.4 Å². The van der Waals surface area contributed by atoms with Crippen LogP contribution in [0.1, 0.15) is 47.7 Å². The van der Waals surface area contributed by atoms with Crippen LogP contribution in [-0.2, 0) is 30.4 Å². The fraction of sp³-hybridized carbons (Fsp3) is 0.375. The van der Waals surface area contributed by atoms with E-state index in [2.05, 4.69) is 12.2 Å². The van der Waals surface area contributed by atoms with Crippen molar-refractivity contribution in [1.29, 1.82) is 0 Å². The van der Waals surface area contributed by atoms with Gasteiger partial charge in [0, 0.05) is 25.6 Å². The van der Waals surface area contributed by atoms with E-state index in [0.717, 1.165) is 24.0 Å². The quantitative estimate of drug-likeness (QED) is 0.163. The second kappa shape index (κ2) is 14.4. The molecular weight excluding hydrogens is 572 g/mol. The van der Waals surface area contributed by atoms with Crippen molar-refractivity contribution in [3.8, 4) is 11.5 Å². The molecule has 1 aliphatic heterocycles. The SMILES string of the molecule is CCCCNc1cc(OCc2ccccc2)c(OC)cc1C(=O)N1C[C@H](OS(=O)(=O)c2ccc(C)cc2)C[C@H]1C(=O)OC. The summed E-state index contributed by atoms with van der Waals surface area (Å²) in [5, 5.41) is 3.32. The van der Waals surface area contributed by atoms with Gasteiger partial charge in [0.25, 0.3) is 16.0 Å². The Bertz CT molecular complexity index is 1510. The lowest BCUT2D eigenvalue weighted by atomic mass is 10.1. The highest BCUT2D eigenvalue weighted by Crippen LogP contribution is 2.36. The summed E-state index contributed by atoms with van der Waals surface area (Å²) in [6.45, 7) is 4.67. The molecule has 11 heteroatoms. The van der Waals surface area contributed by atoms with Crippen molar-refractivity contribution in [2.75, 3.05) is 32.6 Å². The molecule has 3 aromatic rings. The Morgan fingerprint density at radius 3 is 2.37 bits per heavy atom. The smallest absolute Gasteiger partial charge is 0.328 e. The van der Waals surface area contributed by atoms with Crippen LogP contribution in [0, 0.1) is 6.92 Å². The number of anilines is 1. The Balaban J connectivity index is 1.63. The fourth-order valence-corrected chi connectivity index (χ4v) is 5.91. The van der Waals surface area contributed by atoms with E-state index in [0.29, 0.717) is 30.3 Å². The molecule has 0 unspecified atom stereocenters. The first kappa shape index (κ1) is 31.8. The average molecular weight is 611 g/mol. The van der Waals surface area contributed by atoms with Gasteiger partial charge in [-0.25, -0.2) is 4.79 Å². The fourth-order valence-electron chi connectivity index (χ4n) is 4.84. The molecule has 0 aliphatic carbocycles. The molecule has 230 valence electrons. The number of unbranched alkanes of at least 4 members (excludes halogenated alkanes) is 1. The molecule has 1 N–H and O–H groups in total. The van der Waals surface area contributed by atoms with Crippen molar-refractivity contribution >= 4 is 27.7 Å². The van der Waals surface area contributed by atoms with Crippen LogP contribution in [0.15, 0.2) is 71.6 Å². The zero-order valence-corrected chi connectivity index (χ0v) is 25.7. The Morgan fingerprint density at radius 1 is 1.00 bits per heavy atom. The maximum absolute atomic E-state index is 14.1. The van der Waals surface area contributed by atoms with Gasteiger partial charge in [-0.1, -0.05) is 61.4 Å². The van der Waals surface area contributed by atoms with Gasteiger partial charge in [-0.3, -0.25) is 8.98 Å². The normalized spacial score (nSPS) is 16.5. The number of nitrogens with one attached hydrogen (secondary N) is 1. The minimum atomic E-state index is -4.14. The van der Waals surface area contributed by atoms with Gasteiger partial charge in [-0.05, 0) is 37.1 Å². The standard InChI is InChI=1S/C32H38N2O8S/c1-5-6-16-33-27-19-30(41-21-23-10-8-7-9-11-23)29(39-3)18-26(27)31(35)34-20-24(17-28(34)32(36)40-4)42-43(37,38)25-14-12-22(2)13-15-25/h7-15,18-19,24,28,33H,5-6,16-17,20-21H2,1-4H3/t24-,28+/m1/s1. The molecule has 0 bridgehead atoms. The van der Waals surface area contributed by atoms with Gasteiger partial charge < -0.3 is 24.4 Å². The first-order chi connectivity index (χ1) is 20.7. The molecule has 3 aromatic carbocycles. The Kier molecular flexibility index (Phi) is 10.7. The van der Waals surface area contributed by atoms with Crippen molar-refractivity contribution in [2.45, 2.75) is 56.8 Å². The zero-order valence-electron chi connectivity index (χ0n) is 24.9. The number of carbonyl (C=O) groups excluding carboxylic acids is 2. The molecule has 0 radical (unpaired) electrons.